The molecule has 144 valence electrons. The number of nitrogens with zero attached hydrogens (tertiary/aromatic N) is 4. The molecule has 1 aliphatic carbocycles. The number of aryl methyl sites for hydroxylation is 1. The van der Waals surface area contributed by atoms with Crippen LogP contribution in [0, 0.1) is 11.3 Å². The van der Waals surface area contributed by atoms with Gasteiger partial charge >= 0.3 is 0 Å². The molecule has 1 aliphatic rings. The fourth-order valence-electron chi connectivity index (χ4n) is 3.82. The van der Waals surface area contributed by atoms with Crippen LogP contribution in [0.3, 0.4) is 0 Å². The highest BCUT2D eigenvalue weighted by Gasteiger charge is 2.22. The Labute approximate surface area is 171 Å². The first-order chi connectivity index (χ1) is 14.2. The van der Waals surface area contributed by atoms with Crippen molar-refractivity contribution in [3.05, 3.63) is 65.5 Å². The molecule has 6 nitrogen and oxygen atoms in total. The van der Waals surface area contributed by atoms with Crippen molar-refractivity contribution in [1.82, 2.24) is 14.8 Å². The zero-order valence-electron chi connectivity index (χ0n) is 15.8. The number of hydrogen-bond donors (Lipinski definition) is 0. The minimum absolute atomic E-state index is 0.0104. The van der Waals surface area contributed by atoms with Crippen LogP contribution < -0.4 is 9.47 Å². The van der Waals surface area contributed by atoms with E-state index in [1.807, 2.05) is 47.3 Å². The van der Waals surface area contributed by atoms with Crippen LogP contribution in [-0.2, 0) is 6.42 Å². The molecule has 0 spiro atoms. The largest absolute Gasteiger partial charge is 0.486 e. The smallest absolute Gasteiger partial charge is 0.274 e. The van der Waals surface area contributed by atoms with E-state index in [9.17, 15) is 0 Å². The third-order valence-corrected chi connectivity index (χ3v) is 6.14. The maximum absolute atomic E-state index is 9.16. The first-order valence-electron chi connectivity index (χ1n) is 9.43. The lowest BCUT2D eigenvalue weighted by atomic mass is 9.88. The molecule has 1 atom stereocenters. The van der Waals surface area contributed by atoms with Gasteiger partial charge < -0.3 is 9.47 Å². The summed E-state index contributed by atoms with van der Waals surface area (Å²) in [7, 11) is 1.61. The van der Waals surface area contributed by atoms with Gasteiger partial charge in [0.25, 0.3) is 5.19 Å². The second-order valence-electron chi connectivity index (χ2n) is 6.97. The quantitative estimate of drug-likeness (QED) is 0.489. The van der Waals surface area contributed by atoms with E-state index in [1.165, 1.54) is 22.5 Å². The van der Waals surface area contributed by atoms with Crippen LogP contribution in [0.4, 0.5) is 0 Å². The van der Waals surface area contributed by atoms with E-state index < -0.39 is 0 Å². The van der Waals surface area contributed by atoms with Crippen LogP contribution >= 0.6 is 11.3 Å². The molecular weight excluding hydrogens is 384 g/mol. The maximum Gasteiger partial charge on any atom is 0.274 e. The average molecular weight is 402 g/mol. The Kier molecular flexibility index (Phi) is 4.41. The first kappa shape index (κ1) is 17.7. The van der Waals surface area contributed by atoms with Gasteiger partial charge in [0, 0.05) is 11.5 Å². The molecule has 0 amide bonds. The van der Waals surface area contributed by atoms with Crippen LogP contribution in [0.1, 0.15) is 35.6 Å². The zero-order chi connectivity index (χ0) is 19.8. The van der Waals surface area contributed by atoms with E-state index in [2.05, 4.69) is 16.2 Å². The van der Waals surface area contributed by atoms with Gasteiger partial charge in [-0.25, -0.2) is 9.67 Å². The number of rotatable bonds is 4. The lowest BCUT2D eigenvalue weighted by Gasteiger charge is -2.26. The van der Waals surface area contributed by atoms with E-state index >= 15 is 0 Å². The van der Waals surface area contributed by atoms with Gasteiger partial charge in [-0.1, -0.05) is 17.4 Å². The molecule has 2 aromatic heterocycles. The number of ether oxygens (including phenoxy) is 2. The first-order valence-corrected chi connectivity index (χ1v) is 10.2. The second-order valence-corrected chi connectivity index (χ2v) is 7.94. The maximum atomic E-state index is 9.16. The fraction of sp³-hybridized carbons (Fsp3) is 0.227. The van der Waals surface area contributed by atoms with Crippen molar-refractivity contribution < 1.29 is 9.47 Å². The molecule has 2 aromatic carbocycles. The Morgan fingerprint density at radius 3 is 2.97 bits per heavy atom. The van der Waals surface area contributed by atoms with E-state index in [4.69, 9.17) is 14.7 Å². The molecule has 2 heterocycles. The van der Waals surface area contributed by atoms with Crippen molar-refractivity contribution >= 4 is 22.2 Å². The summed E-state index contributed by atoms with van der Waals surface area (Å²) in [4.78, 5) is 4.23. The van der Waals surface area contributed by atoms with Gasteiger partial charge in [-0.15, -0.1) is 0 Å². The Morgan fingerprint density at radius 2 is 2.14 bits per heavy atom. The SMILES string of the molecule is COc1ncc(-n2ncc3ccc(O[C@@H]4CCCc5cc(C#N)ccc54)cc32)s1. The lowest BCUT2D eigenvalue weighted by Crippen LogP contribution is -2.15. The summed E-state index contributed by atoms with van der Waals surface area (Å²) in [6.07, 6.45) is 6.58. The molecule has 0 N–H and O–H groups in total. The zero-order valence-corrected chi connectivity index (χ0v) is 16.6. The molecule has 5 rings (SSSR count). The van der Waals surface area contributed by atoms with Crippen LogP contribution in [-0.4, -0.2) is 21.9 Å². The predicted octanol–water partition coefficient (Wildman–Crippen LogP) is 4.82. The fourth-order valence-corrected chi connectivity index (χ4v) is 4.52. The second kappa shape index (κ2) is 7.22. The number of fused-ring (bicyclic) bond motifs is 2. The molecule has 0 saturated carbocycles. The number of methoxy groups -OCH3 is 1. The number of hydrogen-bond acceptors (Lipinski definition) is 6. The van der Waals surface area contributed by atoms with Crippen LogP contribution in [0.2, 0.25) is 0 Å². The highest BCUT2D eigenvalue weighted by Crippen LogP contribution is 2.35. The monoisotopic (exact) mass is 402 g/mol. The van der Waals surface area contributed by atoms with Gasteiger partial charge in [0.1, 0.15) is 16.9 Å². The summed E-state index contributed by atoms with van der Waals surface area (Å²) in [6.45, 7) is 0. The Bertz CT molecular complexity index is 1240. The van der Waals surface area contributed by atoms with Crippen LogP contribution in [0.15, 0.2) is 48.8 Å². The highest BCUT2D eigenvalue weighted by atomic mass is 32.1. The normalized spacial score (nSPS) is 15.7. The summed E-state index contributed by atoms with van der Waals surface area (Å²) >= 11 is 1.44. The van der Waals surface area contributed by atoms with Gasteiger partial charge in [0.05, 0.1) is 36.7 Å². The van der Waals surface area contributed by atoms with Gasteiger partial charge in [0.15, 0.2) is 0 Å². The molecule has 0 saturated heterocycles. The topological polar surface area (TPSA) is 73.0 Å². The molecule has 0 aliphatic heterocycles. The summed E-state index contributed by atoms with van der Waals surface area (Å²) in [5, 5.41) is 16.2. The minimum Gasteiger partial charge on any atom is -0.486 e. The van der Waals surface area contributed by atoms with Gasteiger partial charge in [-0.3, -0.25) is 0 Å². The standard InChI is InChI=1S/C22H18N4O2S/c1-27-22-24-13-21(29-22)26-19-10-17(7-6-16(19)12-25-26)28-20-4-2-3-15-9-14(11-23)5-8-18(15)20/h5-10,12-13,20H,2-4H2,1H3/t20-/m1/s1. The van der Waals surface area contributed by atoms with E-state index in [0.717, 1.165) is 40.9 Å². The Balaban J connectivity index is 1.48. The van der Waals surface area contributed by atoms with Gasteiger partial charge in [0.2, 0.25) is 0 Å². The molecule has 0 radical (unpaired) electrons. The average Bonchev–Trinajstić information content (AvgIpc) is 3.40. The number of nitriles is 1. The Morgan fingerprint density at radius 1 is 1.21 bits per heavy atom. The van der Waals surface area contributed by atoms with Gasteiger partial charge in [-0.05, 0) is 54.7 Å². The van der Waals surface area contributed by atoms with Crippen molar-refractivity contribution in [3.8, 4) is 22.0 Å². The number of benzene rings is 2. The lowest BCUT2D eigenvalue weighted by molar-refractivity contribution is 0.183. The van der Waals surface area contributed by atoms with Crippen molar-refractivity contribution in [3.63, 3.8) is 0 Å². The molecule has 7 heteroatoms. The Hall–Kier alpha value is -3.37. The molecule has 4 aromatic rings. The van der Waals surface area contributed by atoms with E-state index in [1.54, 1.807) is 13.3 Å². The van der Waals surface area contributed by atoms with Crippen molar-refractivity contribution in [2.45, 2.75) is 25.4 Å². The van der Waals surface area contributed by atoms with E-state index in [-0.39, 0.29) is 6.10 Å². The third kappa shape index (κ3) is 3.22. The molecule has 29 heavy (non-hydrogen) atoms. The van der Waals surface area contributed by atoms with Crippen molar-refractivity contribution in [2.24, 2.45) is 0 Å². The third-order valence-electron chi connectivity index (χ3n) is 5.21. The van der Waals surface area contributed by atoms with Crippen molar-refractivity contribution in [2.75, 3.05) is 7.11 Å². The number of aromatic nitrogens is 3. The molecule has 0 unspecified atom stereocenters. The highest BCUT2D eigenvalue weighted by molar-refractivity contribution is 7.15. The molecule has 0 fully saturated rings. The molecule has 0 bridgehead atoms. The number of thiazole rings is 1. The summed E-state index contributed by atoms with van der Waals surface area (Å²) in [5.41, 5.74) is 4.05. The minimum atomic E-state index is -0.0104. The van der Waals surface area contributed by atoms with Crippen LogP contribution in [0.25, 0.3) is 15.9 Å². The summed E-state index contributed by atoms with van der Waals surface area (Å²) in [6, 6.07) is 14.1. The van der Waals surface area contributed by atoms with Crippen LogP contribution in [0.5, 0.6) is 10.9 Å². The predicted molar refractivity (Wildman–Crippen MR) is 111 cm³/mol. The van der Waals surface area contributed by atoms with Crippen molar-refractivity contribution in [1.29, 1.82) is 5.26 Å². The molecular formula is C22H18N4O2S. The summed E-state index contributed by atoms with van der Waals surface area (Å²) in [5.74, 6) is 0.804. The van der Waals surface area contributed by atoms with E-state index in [0.29, 0.717) is 10.8 Å². The van der Waals surface area contributed by atoms with Gasteiger partial charge in [-0.2, -0.15) is 10.4 Å². The summed E-state index contributed by atoms with van der Waals surface area (Å²) < 4.78 is 13.4.